The quantitative estimate of drug-likeness (QED) is 0.702. The normalized spacial score (nSPS) is 11.3. The zero-order valence-corrected chi connectivity index (χ0v) is 8.44. The maximum atomic E-state index is 5.52. The SMILES string of the molecule is COC(OC)c1ccc(C(N)N)cc1. The minimum absolute atomic E-state index is 0.335. The highest BCUT2D eigenvalue weighted by Gasteiger charge is 2.08. The van der Waals surface area contributed by atoms with Gasteiger partial charge in [0.15, 0.2) is 6.29 Å². The molecule has 4 heteroatoms. The molecule has 0 saturated carbocycles. The summed E-state index contributed by atoms with van der Waals surface area (Å²) in [7, 11) is 3.19. The maximum absolute atomic E-state index is 5.52. The van der Waals surface area contributed by atoms with Gasteiger partial charge in [0, 0.05) is 19.8 Å². The van der Waals surface area contributed by atoms with Crippen LogP contribution < -0.4 is 11.5 Å². The van der Waals surface area contributed by atoms with Crippen molar-refractivity contribution in [1.82, 2.24) is 0 Å². The predicted molar refractivity (Wildman–Crippen MR) is 54.3 cm³/mol. The molecule has 0 atom stereocenters. The van der Waals surface area contributed by atoms with E-state index in [4.69, 9.17) is 20.9 Å². The van der Waals surface area contributed by atoms with Gasteiger partial charge in [-0.15, -0.1) is 0 Å². The highest BCUT2D eigenvalue weighted by Crippen LogP contribution is 2.18. The molecule has 4 N–H and O–H groups in total. The maximum Gasteiger partial charge on any atom is 0.183 e. The number of methoxy groups -OCH3 is 2. The van der Waals surface area contributed by atoms with Gasteiger partial charge in [-0.1, -0.05) is 24.3 Å². The number of ether oxygens (including phenoxy) is 2. The van der Waals surface area contributed by atoms with Gasteiger partial charge < -0.3 is 20.9 Å². The van der Waals surface area contributed by atoms with Crippen molar-refractivity contribution < 1.29 is 9.47 Å². The molecule has 0 bridgehead atoms. The van der Waals surface area contributed by atoms with Crippen LogP contribution in [0.2, 0.25) is 0 Å². The third kappa shape index (κ3) is 2.52. The van der Waals surface area contributed by atoms with E-state index in [-0.39, 0.29) is 6.29 Å². The van der Waals surface area contributed by atoms with Gasteiger partial charge in [0.1, 0.15) is 0 Å². The van der Waals surface area contributed by atoms with E-state index in [1.54, 1.807) is 14.2 Å². The van der Waals surface area contributed by atoms with Crippen molar-refractivity contribution in [1.29, 1.82) is 0 Å². The summed E-state index contributed by atoms with van der Waals surface area (Å²) in [5.41, 5.74) is 12.9. The molecule has 1 aromatic rings. The molecule has 14 heavy (non-hydrogen) atoms. The van der Waals surface area contributed by atoms with Gasteiger partial charge in [-0.05, 0) is 5.56 Å². The first kappa shape index (κ1) is 11.1. The van der Waals surface area contributed by atoms with Gasteiger partial charge in [0.25, 0.3) is 0 Å². The Labute approximate surface area is 83.8 Å². The number of nitrogens with two attached hydrogens (primary N) is 2. The molecule has 0 aliphatic heterocycles. The van der Waals surface area contributed by atoms with Crippen LogP contribution in [0.3, 0.4) is 0 Å². The van der Waals surface area contributed by atoms with Crippen LogP contribution >= 0.6 is 0 Å². The van der Waals surface area contributed by atoms with Gasteiger partial charge in [-0.3, -0.25) is 0 Å². The number of benzene rings is 1. The molecule has 0 fully saturated rings. The number of hydrogen-bond acceptors (Lipinski definition) is 4. The molecular formula is C10H16N2O2. The van der Waals surface area contributed by atoms with Crippen molar-refractivity contribution >= 4 is 0 Å². The van der Waals surface area contributed by atoms with E-state index >= 15 is 0 Å². The molecule has 0 aliphatic carbocycles. The smallest absolute Gasteiger partial charge is 0.183 e. The Hall–Kier alpha value is -0.940. The lowest BCUT2D eigenvalue weighted by molar-refractivity contribution is -0.106. The Morgan fingerprint density at radius 1 is 0.929 bits per heavy atom. The molecule has 0 aromatic heterocycles. The van der Waals surface area contributed by atoms with E-state index in [0.29, 0.717) is 0 Å². The van der Waals surface area contributed by atoms with E-state index in [2.05, 4.69) is 0 Å². The summed E-state index contributed by atoms with van der Waals surface area (Å²) in [6.07, 6.45) is -0.773. The average Bonchev–Trinajstić information content (AvgIpc) is 2.20. The third-order valence-corrected chi connectivity index (χ3v) is 2.02. The van der Waals surface area contributed by atoms with Crippen LogP contribution in [-0.4, -0.2) is 14.2 Å². The van der Waals surface area contributed by atoms with Crippen molar-refractivity contribution in [2.75, 3.05) is 14.2 Å². The average molecular weight is 196 g/mol. The molecule has 0 aliphatic rings. The Morgan fingerprint density at radius 3 is 1.71 bits per heavy atom. The monoisotopic (exact) mass is 196 g/mol. The minimum Gasteiger partial charge on any atom is -0.352 e. The van der Waals surface area contributed by atoms with Gasteiger partial charge in [0.2, 0.25) is 0 Å². The first-order valence-electron chi connectivity index (χ1n) is 4.35. The molecule has 1 aromatic carbocycles. The summed E-state index contributed by atoms with van der Waals surface area (Å²) in [5, 5.41) is 0. The topological polar surface area (TPSA) is 70.5 Å². The molecule has 0 radical (unpaired) electrons. The summed E-state index contributed by atoms with van der Waals surface area (Å²) >= 11 is 0. The van der Waals surface area contributed by atoms with Crippen molar-refractivity contribution in [2.24, 2.45) is 11.5 Å². The molecular weight excluding hydrogens is 180 g/mol. The first-order chi connectivity index (χ1) is 6.69. The summed E-state index contributed by atoms with van der Waals surface area (Å²) in [6, 6.07) is 7.51. The lowest BCUT2D eigenvalue weighted by Gasteiger charge is -2.14. The summed E-state index contributed by atoms with van der Waals surface area (Å²) < 4.78 is 10.2. The van der Waals surface area contributed by atoms with Crippen LogP contribution in [0.25, 0.3) is 0 Å². The van der Waals surface area contributed by atoms with Gasteiger partial charge in [-0.2, -0.15) is 0 Å². The minimum atomic E-state index is -0.437. The molecule has 0 unspecified atom stereocenters. The summed E-state index contributed by atoms with van der Waals surface area (Å²) in [4.78, 5) is 0. The van der Waals surface area contributed by atoms with Crippen LogP contribution in [0.4, 0.5) is 0 Å². The Bertz CT molecular complexity index is 268. The van der Waals surface area contributed by atoms with E-state index in [1.807, 2.05) is 24.3 Å². The first-order valence-corrected chi connectivity index (χ1v) is 4.35. The second-order valence-corrected chi connectivity index (χ2v) is 3.00. The molecule has 1 rings (SSSR count). The Morgan fingerprint density at radius 2 is 1.36 bits per heavy atom. The third-order valence-electron chi connectivity index (χ3n) is 2.02. The van der Waals surface area contributed by atoms with E-state index in [0.717, 1.165) is 11.1 Å². The van der Waals surface area contributed by atoms with Gasteiger partial charge in [-0.25, -0.2) is 0 Å². The highest BCUT2D eigenvalue weighted by molar-refractivity contribution is 5.25. The zero-order chi connectivity index (χ0) is 10.6. The second kappa shape index (κ2) is 5.07. The van der Waals surface area contributed by atoms with Crippen LogP contribution in [0.1, 0.15) is 23.6 Å². The molecule has 0 heterocycles. The van der Waals surface area contributed by atoms with E-state index in [1.165, 1.54) is 0 Å². The summed E-state index contributed by atoms with van der Waals surface area (Å²) in [6.45, 7) is 0. The van der Waals surface area contributed by atoms with Crippen LogP contribution in [0, 0.1) is 0 Å². The molecule has 0 amide bonds. The van der Waals surface area contributed by atoms with E-state index < -0.39 is 6.17 Å². The van der Waals surface area contributed by atoms with Crippen molar-refractivity contribution in [3.05, 3.63) is 35.4 Å². The Kier molecular flexibility index (Phi) is 4.03. The van der Waals surface area contributed by atoms with Gasteiger partial charge >= 0.3 is 0 Å². The lowest BCUT2D eigenvalue weighted by Crippen LogP contribution is -2.19. The summed E-state index contributed by atoms with van der Waals surface area (Å²) in [5.74, 6) is 0. The molecule has 0 saturated heterocycles. The number of rotatable bonds is 4. The molecule has 0 spiro atoms. The fourth-order valence-corrected chi connectivity index (χ4v) is 1.24. The lowest BCUT2D eigenvalue weighted by atomic mass is 10.1. The highest BCUT2D eigenvalue weighted by atomic mass is 16.7. The molecule has 4 nitrogen and oxygen atoms in total. The predicted octanol–water partition coefficient (Wildman–Crippen LogP) is 0.894. The van der Waals surface area contributed by atoms with E-state index in [9.17, 15) is 0 Å². The largest absolute Gasteiger partial charge is 0.352 e. The van der Waals surface area contributed by atoms with Crippen LogP contribution in [0.15, 0.2) is 24.3 Å². The Balaban J connectivity index is 2.81. The fraction of sp³-hybridized carbons (Fsp3) is 0.400. The van der Waals surface area contributed by atoms with Crippen LogP contribution in [0.5, 0.6) is 0 Å². The number of hydrogen-bond donors (Lipinski definition) is 2. The second-order valence-electron chi connectivity index (χ2n) is 3.00. The van der Waals surface area contributed by atoms with Crippen molar-refractivity contribution in [3.8, 4) is 0 Å². The zero-order valence-electron chi connectivity index (χ0n) is 8.44. The van der Waals surface area contributed by atoms with Gasteiger partial charge in [0.05, 0.1) is 6.17 Å². The van der Waals surface area contributed by atoms with Crippen LogP contribution in [-0.2, 0) is 9.47 Å². The van der Waals surface area contributed by atoms with Crippen molar-refractivity contribution in [3.63, 3.8) is 0 Å². The fourth-order valence-electron chi connectivity index (χ4n) is 1.24. The molecule has 78 valence electrons. The van der Waals surface area contributed by atoms with Crippen molar-refractivity contribution in [2.45, 2.75) is 12.5 Å². The standard InChI is InChI=1S/C10H16N2O2/c1-13-10(14-2)8-5-3-7(4-6-8)9(11)12/h3-6,9-10H,11-12H2,1-2H3.